The van der Waals surface area contributed by atoms with Crippen LogP contribution in [-0.2, 0) is 10.8 Å². The molecule has 0 aliphatic heterocycles. The molecule has 1 aromatic heterocycles. The van der Waals surface area contributed by atoms with E-state index in [0.29, 0.717) is 0 Å². The molecule has 2 nitrogen and oxygen atoms in total. The van der Waals surface area contributed by atoms with Gasteiger partial charge in [0.2, 0.25) is 0 Å². The molecule has 0 radical (unpaired) electrons. The second-order valence-electron chi connectivity index (χ2n) is 14.9. The summed E-state index contributed by atoms with van der Waals surface area (Å²) in [6, 6.07) is 55.5. The topological polar surface area (TPSA) is 16.4 Å². The molecule has 0 unspecified atom stereocenters. The highest BCUT2D eigenvalue weighted by Gasteiger charge is 2.38. The van der Waals surface area contributed by atoms with Crippen molar-refractivity contribution in [3.05, 3.63) is 174 Å². The Hall–Kier alpha value is -5.86. The van der Waals surface area contributed by atoms with Crippen LogP contribution in [0.15, 0.2) is 156 Å². The maximum atomic E-state index is 6.40. The molecule has 7 aromatic carbocycles. The fourth-order valence-electron chi connectivity index (χ4n) is 9.08. The number of hydrogen-bond acceptors (Lipinski definition) is 2. The summed E-state index contributed by atoms with van der Waals surface area (Å²) in [5.74, 6) is 0. The van der Waals surface area contributed by atoms with Crippen molar-refractivity contribution in [2.24, 2.45) is 0 Å². The van der Waals surface area contributed by atoms with E-state index >= 15 is 0 Å². The van der Waals surface area contributed by atoms with Crippen molar-refractivity contribution in [1.82, 2.24) is 0 Å². The molecule has 0 spiro atoms. The Labute approximate surface area is 293 Å². The Morgan fingerprint density at radius 1 is 0.440 bits per heavy atom. The minimum atomic E-state index is -0.107. The Kier molecular flexibility index (Phi) is 6.01. The van der Waals surface area contributed by atoms with Crippen LogP contribution < -0.4 is 4.90 Å². The summed E-state index contributed by atoms with van der Waals surface area (Å²) in [6.45, 7) is 9.42. The summed E-state index contributed by atoms with van der Waals surface area (Å²) >= 11 is 0. The van der Waals surface area contributed by atoms with E-state index in [-0.39, 0.29) is 10.8 Å². The lowest BCUT2D eigenvalue weighted by Crippen LogP contribution is -2.17. The standard InChI is InChI=1S/C48H37NO/c1-47(2)39-18-8-5-13-34(39)36-28-27-32(29-41(36)47)49(42-20-12-22-44-45(42)38-15-7-10-21-43(38)50-44)31-25-23-30(24-26-31)33-16-11-17-37-35-14-6-9-19-40(35)48(3,4)46(33)37/h5-29H,1-4H3. The van der Waals surface area contributed by atoms with Gasteiger partial charge in [-0.05, 0) is 98.1 Å². The summed E-state index contributed by atoms with van der Waals surface area (Å²) in [6.07, 6.45) is 0. The highest BCUT2D eigenvalue weighted by atomic mass is 16.3. The third-order valence-corrected chi connectivity index (χ3v) is 11.5. The molecule has 10 rings (SSSR count). The number of nitrogens with zero attached hydrogens (tertiary/aromatic N) is 1. The van der Waals surface area contributed by atoms with Crippen molar-refractivity contribution in [2.45, 2.75) is 38.5 Å². The SMILES string of the molecule is CC1(C)c2ccccc2-c2ccc(N(c3ccc(-c4cccc5c4C(C)(C)c4ccccc4-5)cc3)c3cccc4oc5ccccc5c34)cc21. The first kappa shape index (κ1) is 29.1. The molecular formula is C48H37NO. The summed E-state index contributed by atoms with van der Waals surface area (Å²) in [4.78, 5) is 2.42. The molecule has 0 atom stereocenters. The van der Waals surface area contributed by atoms with Crippen LogP contribution in [0, 0.1) is 0 Å². The van der Waals surface area contributed by atoms with Gasteiger partial charge in [-0.1, -0.05) is 137 Å². The Morgan fingerprint density at radius 2 is 1.02 bits per heavy atom. The first-order valence-electron chi connectivity index (χ1n) is 17.6. The summed E-state index contributed by atoms with van der Waals surface area (Å²) in [5.41, 5.74) is 18.3. The van der Waals surface area contributed by atoms with Crippen LogP contribution >= 0.6 is 0 Å². The molecule has 1 heterocycles. The van der Waals surface area contributed by atoms with E-state index in [9.17, 15) is 0 Å². The molecule has 0 bridgehead atoms. The van der Waals surface area contributed by atoms with Crippen molar-refractivity contribution in [3.63, 3.8) is 0 Å². The second-order valence-corrected chi connectivity index (χ2v) is 14.9. The van der Waals surface area contributed by atoms with Gasteiger partial charge in [-0.15, -0.1) is 0 Å². The van der Waals surface area contributed by atoms with Gasteiger partial charge in [0.15, 0.2) is 0 Å². The van der Waals surface area contributed by atoms with Crippen LogP contribution in [0.4, 0.5) is 17.1 Å². The molecule has 8 aromatic rings. The molecule has 2 aliphatic carbocycles. The second kappa shape index (κ2) is 10.3. The van der Waals surface area contributed by atoms with Gasteiger partial charge in [0.05, 0.1) is 11.1 Å². The highest BCUT2D eigenvalue weighted by Crippen LogP contribution is 2.53. The largest absolute Gasteiger partial charge is 0.456 e. The van der Waals surface area contributed by atoms with Crippen LogP contribution in [0.5, 0.6) is 0 Å². The zero-order valence-electron chi connectivity index (χ0n) is 28.8. The Bertz CT molecular complexity index is 2650. The summed E-state index contributed by atoms with van der Waals surface area (Å²) < 4.78 is 6.40. The molecule has 2 heteroatoms. The maximum absolute atomic E-state index is 6.40. The molecule has 2 aliphatic rings. The maximum Gasteiger partial charge on any atom is 0.137 e. The van der Waals surface area contributed by atoms with Crippen molar-refractivity contribution < 1.29 is 4.42 Å². The average Bonchev–Trinajstić information content (AvgIpc) is 3.72. The van der Waals surface area contributed by atoms with Gasteiger partial charge in [0.1, 0.15) is 11.2 Å². The fourth-order valence-corrected chi connectivity index (χ4v) is 9.08. The van der Waals surface area contributed by atoms with E-state index in [1.807, 2.05) is 6.07 Å². The molecule has 0 saturated heterocycles. The number of para-hydroxylation sites is 1. The van der Waals surface area contributed by atoms with Crippen molar-refractivity contribution in [3.8, 4) is 33.4 Å². The van der Waals surface area contributed by atoms with Gasteiger partial charge >= 0.3 is 0 Å². The van der Waals surface area contributed by atoms with Crippen LogP contribution in [0.25, 0.3) is 55.3 Å². The van der Waals surface area contributed by atoms with Crippen molar-refractivity contribution in [2.75, 3.05) is 4.90 Å². The van der Waals surface area contributed by atoms with Crippen LogP contribution in [0.2, 0.25) is 0 Å². The van der Waals surface area contributed by atoms with E-state index < -0.39 is 0 Å². The number of benzene rings is 7. The molecule has 0 N–H and O–H groups in total. The van der Waals surface area contributed by atoms with E-state index in [1.165, 1.54) is 55.6 Å². The quantitative estimate of drug-likeness (QED) is 0.190. The smallest absolute Gasteiger partial charge is 0.137 e. The third kappa shape index (κ3) is 3.96. The monoisotopic (exact) mass is 643 g/mol. The van der Waals surface area contributed by atoms with Crippen molar-refractivity contribution >= 4 is 39.0 Å². The number of fused-ring (bicyclic) bond motifs is 9. The van der Waals surface area contributed by atoms with Gasteiger partial charge in [-0.2, -0.15) is 0 Å². The lowest BCUT2D eigenvalue weighted by molar-refractivity contribution is 0.660. The summed E-state index contributed by atoms with van der Waals surface area (Å²) in [7, 11) is 0. The highest BCUT2D eigenvalue weighted by molar-refractivity contribution is 6.13. The first-order valence-corrected chi connectivity index (χ1v) is 17.6. The normalized spacial score (nSPS) is 14.7. The molecule has 0 fully saturated rings. The van der Waals surface area contributed by atoms with E-state index in [4.69, 9.17) is 4.42 Å². The Balaban J connectivity index is 1.16. The van der Waals surface area contributed by atoms with Gasteiger partial charge in [-0.25, -0.2) is 0 Å². The minimum Gasteiger partial charge on any atom is -0.456 e. The van der Waals surface area contributed by atoms with E-state index in [2.05, 4.69) is 178 Å². The van der Waals surface area contributed by atoms with Crippen LogP contribution in [0.1, 0.15) is 49.9 Å². The number of rotatable bonds is 4. The van der Waals surface area contributed by atoms with Gasteiger partial charge in [-0.3, -0.25) is 0 Å². The first-order chi connectivity index (χ1) is 24.3. The van der Waals surface area contributed by atoms with E-state index in [0.717, 1.165) is 39.0 Å². The summed E-state index contributed by atoms with van der Waals surface area (Å²) in [5, 5.41) is 2.24. The van der Waals surface area contributed by atoms with Gasteiger partial charge in [0.25, 0.3) is 0 Å². The zero-order valence-corrected chi connectivity index (χ0v) is 28.8. The molecule has 50 heavy (non-hydrogen) atoms. The molecule has 0 saturated carbocycles. The number of anilines is 3. The van der Waals surface area contributed by atoms with Gasteiger partial charge in [0, 0.05) is 27.6 Å². The molecular weight excluding hydrogens is 607 g/mol. The molecule has 240 valence electrons. The number of hydrogen-bond donors (Lipinski definition) is 0. The predicted octanol–water partition coefficient (Wildman–Crippen LogP) is 13.3. The minimum absolute atomic E-state index is 0.0833. The Morgan fingerprint density at radius 3 is 1.82 bits per heavy atom. The third-order valence-electron chi connectivity index (χ3n) is 11.5. The predicted molar refractivity (Wildman–Crippen MR) is 209 cm³/mol. The van der Waals surface area contributed by atoms with Crippen LogP contribution in [0.3, 0.4) is 0 Å². The average molecular weight is 644 g/mol. The van der Waals surface area contributed by atoms with Crippen LogP contribution in [-0.4, -0.2) is 0 Å². The lowest BCUT2D eigenvalue weighted by Gasteiger charge is -2.29. The molecule has 0 amide bonds. The van der Waals surface area contributed by atoms with Crippen molar-refractivity contribution in [1.29, 1.82) is 0 Å². The fraction of sp³-hybridized carbons (Fsp3) is 0.125. The lowest BCUT2D eigenvalue weighted by atomic mass is 9.79. The van der Waals surface area contributed by atoms with E-state index in [1.54, 1.807) is 0 Å². The van der Waals surface area contributed by atoms with Gasteiger partial charge < -0.3 is 9.32 Å². The zero-order chi connectivity index (χ0) is 33.8. The number of furan rings is 1.